The minimum absolute atomic E-state index is 0.387. The number of hydrogen-bond donors (Lipinski definition) is 2. The van der Waals surface area contributed by atoms with Crippen molar-refractivity contribution in [3.05, 3.63) is 30.2 Å². The van der Waals surface area contributed by atoms with E-state index in [1.54, 1.807) is 13.8 Å². The maximum Gasteiger partial charge on any atom is 0.310 e. The third-order valence-electron chi connectivity index (χ3n) is 4.12. The second kappa shape index (κ2) is 4.90. The Hall–Kier alpha value is -1.88. The van der Waals surface area contributed by atoms with Crippen LogP contribution in [0.3, 0.4) is 0 Å². The average Bonchev–Trinajstić information content (AvgIpc) is 2.78. The molecular weight excluding hydrogens is 256 g/mol. The highest BCUT2D eigenvalue weighted by Gasteiger charge is 2.43. The van der Waals surface area contributed by atoms with Gasteiger partial charge in [-0.2, -0.15) is 0 Å². The molecule has 0 amide bonds. The molecule has 1 aromatic carbocycles. The molecule has 1 aromatic heterocycles. The van der Waals surface area contributed by atoms with Crippen molar-refractivity contribution in [1.29, 1.82) is 0 Å². The summed E-state index contributed by atoms with van der Waals surface area (Å²) in [6.07, 6.45) is 0. The second-order valence-corrected chi connectivity index (χ2v) is 5.98. The van der Waals surface area contributed by atoms with Crippen molar-refractivity contribution in [1.82, 2.24) is 10.3 Å². The number of para-hydroxylation sites is 2. The largest absolute Gasteiger partial charge is 0.481 e. The first kappa shape index (κ1) is 14.5. The molecule has 0 aliphatic rings. The van der Waals surface area contributed by atoms with Crippen LogP contribution in [0.15, 0.2) is 28.7 Å². The minimum atomic E-state index is -0.904. The maximum atomic E-state index is 11.3. The molecule has 2 aromatic rings. The van der Waals surface area contributed by atoms with Gasteiger partial charge >= 0.3 is 5.97 Å². The zero-order chi connectivity index (χ0) is 15.0. The third-order valence-corrected chi connectivity index (χ3v) is 4.12. The van der Waals surface area contributed by atoms with Crippen molar-refractivity contribution in [2.75, 3.05) is 0 Å². The second-order valence-electron chi connectivity index (χ2n) is 5.98. The lowest BCUT2D eigenvalue weighted by molar-refractivity contribution is -0.151. The lowest BCUT2D eigenvalue weighted by Crippen LogP contribution is -2.54. The van der Waals surface area contributed by atoms with Gasteiger partial charge in [0, 0.05) is 5.54 Å². The molecule has 108 valence electrons. The highest BCUT2D eigenvalue weighted by molar-refractivity contribution is 5.75. The molecule has 5 nitrogen and oxygen atoms in total. The number of aliphatic carboxylic acids is 1. The number of aromatic nitrogens is 1. The van der Waals surface area contributed by atoms with Crippen LogP contribution >= 0.6 is 0 Å². The number of carbonyl (C=O) groups is 1. The third kappa shape index (κ3) is 2.54. The van der Waals surface area contributed by atoms with Crippen LogP contribution in [0.4, 0.5) is 0 Å². The summed E-state index contributed by atoms with van der Waals surface area (Å²) >= 11 is 0. The van der Waals surface area contributed by atoms with E-state index in [2.05, 4.69) is 10.3 Å². The van der Waals surface area contributed by atoms with Crippen molar-refractivity contribution < 1.29 is 14.3 Å². The Kier molecular flexibility index (Phi) is 3.56. The van der Waals surface area contributed by atoms with E-state index in [1.165, 1.54) is 0 Å². The molecular formula is C15H20N2O3. The molecule has 0 saturated carbocycles. The molecule has 2 N–H and O–H groups in total. The molecule has 0 radical (unpaired) electrons. The molecule has 0 bridgehead atoms. The van der Waals surface area contributed by atoms with E-state index in [-0.39, 0.29) is 0 Å². The lowest BCUT2D eigenvalue weighted by atomic mass is 9.74. The fourth-order valence-corrected chi connectivity index (χ4v) is 1.78. The van der Waals surface area contributed by atoms with Crippen molar-refractivity contribution in [3.63, 3.8) is 0 Å². The smallest absolute Gasteiger partial charge is 0.310 e. The number of oxazole rings is 1. The summed E-state index contributed by atoms with van der Waals surface area (Å²) in [6.45, 7) is 7.52. The van der Waals surface area contributed by atoms with E-state index in [1.807, 2.05) is 38.1 Å². The van der Waals surface area contributed by atoms with Crippen molar-refractivity contribution >= 4 is 17.1 Å². The van der Waals surface area contributed by atoms with Gasteiger partial charge in [-0.1, -0.05) is 12.1 Å². The van der Waals surface area contributed by atoms with Gasteiger partial charge < -0.3 is 14.8 Å². The van der Waals surface area contributed by atoms with Gasteiger partial charge in [0.2, 0.25) is 5.89 Å². The summed E-state index contributed by atoms with van der Waals surface area (Å²) in [4.78, 5) is 15.7. The number of hydrogen-bond acceptors (Lipinski definition) is 4. The highest BCUT2D eigenvalue weighted by Crippen LogP contribution is 2.31. The van der Waals surface area contributed by atoms with Crippen LogP contribution < -0.4 is 5.32 Å². The van der Waals surface area contributed by atoms with E-state index in [0.717, 1.165) is 11.1 Å². The number of carboxylic acids is 1. The van der Waals surface area contributed by atoms with Gasteiger partial charge in [0.1, 0.15) is 5.52 Å². The van der Waals surface area contributed by atoms with E-state index >= 15 is 0 Å². The molecule has 0 aliphatic heterocycles. The number of carboxylic acid groups (broad SMARTS) is 1. The van der Waals surface area contributed by atoms with Crippen molar-refractivity contribution in [2.24, 2.45) is 5.41 Å². The number of nitrogens with one attached hydrogen (secondary N) is 1. The van der Waals surface area contributed by atoms with Gasteiger partial charge in [-0.3, -0.25) is 4.79 Å². The molecule has 0 saturated heterocycles. The van der Waals surface area contributed by atoms with Crippen molar-refractivity contribution in [2.45, 2.75) is 39.8 Å². The Bertz CT molecular complexity index is 596. The zero-order valence-corrected chi connectivity index (χ0v) is 12.2. The molecule has 0 unspecified atom stereocenters. The highest BCUT2D eigenvalue weighted by atomic mass is 16.4. The summed E-state index contributed by atoms with van der Waals surface area (Å²) in [5, 5.41) is 12.5. The van der Waals surface area contributed by atoms with E-state index in [4.69, 9.17) is 4.42 Å². The summed E-state index contributed by atoms with van der Waals surface area (Å²) in [7, 11) is 0. The van der Waals surface area contributed by atoms with Crippen LogP contribution in [0.2, 0.25) is 0 Å². The van der Waals surface area contributed by atoms with E-state index < -0.39 is 16.9 Å². The minimum Gasteiger partial charge on any atom is -0.481 e. The predicted molar refractivity (Wildman–Crippen MR) is 76.3 cm³/mol. The molecule has 0 spiro atoms. The molecule has 5 heteroatoms. The number of rotatable bonds is 5. The average molecular weight is 276 g/mol. The first-order chi connectivity index (χ1) is 9.24. The van der Waals surface area contributed by atoms with Gasteiger partial charge in [-0.05, 0) is 39.8 Å². The van der Waals surface area contributed by atoms with Gasteiger partial charge in [0.25, 0.3) is 0 Å². The maximum absolute atomic E-state index is 11.3. The Morgan fingerprint density at radius 2 is 1.95 bits per heavy atom. The normalized spacial score (nSPS) is 12.8. The van der Waals surface area contributed by atoms with Crippen LogP contribution in [0.1, 0.15) is 33.6 Å². The monoisotopic (exact) mass is 276 g/mol. The quantitative estimate of drug-likeness (QED) is 0.878. The SMILES string of the molecule is CC(C)(NCc1nc2ccccc2o1)C(C)(C)C(=O)O. The predicted octanol–water partition coefficient (Wildman–Crippen LogP) is 2.81. The summed E-state index contributed by atoms with van der Waals surface area (Å²) < 4.78 is 5.62. The topological polar surface area (TPSA) is 75.4 Å². The van der Waals surface area contributed by atoms with E-state index in [0.29, 0.717) is 12.4 Å². The summed E-state index contributed by atoms with van der Waals surface area (Å²) in [6, 6.07) is 7.54. The first-order valence-electron chi connectivity index (χ1n) is 6.57. The molecule has 0 fully saturated rings. The van der Waals surface area contributed by atoms with Crippen LogP contribution in [0.5, 0.6) is 0 Å². The number of benzene rings is 1. The molecule has 0 aliphatic carbocycles. The van der Waals surface area contributed by atoms with Crippen LogP contribution in [-0.4, -0.2) is 21.6 Å². The Labute approximate surface area is 118 Å². The van der Waals surface area contributed by atoms with Gasteiger partial charge in [-0.15, -0.1) is 0 Å². The number of nitrogens with zero attached hydrogens (tertiary/aromatic N) is 1. The van der Waals surface area contributed by atoms with Crippen LogP contribution in [0.25, 0.3) is 11.1 Å². The standard InChI is InChI=1S/C15H20N2O3/c1-14(2,13(18)19)15(3,4)16-9-12-17-10-7-5-6-8-11(10)20-12/h5-8,16H,9H2,1-4H3,(H,18,19). The van der Waals surface area contributed by atoms with Gasteiger partial charge in [0.15, 0.2) is 5.58 Å². The first-order valence-corrected chi connectivity index (χ1v) is 6.57. The molecule has 0 atom stereocenters. The Morgan fingerprint density at radius 1 is 1.30 bits per heavy atom. The number of fused-ring (bicyclic) bond motifs is 1. The van der Waals surface area contributed by atoms with E-state index in [9.17, 15) is 9.90 Å². The fraction of sp³-hybridized carbons (Fsp3) is 0.467. The zero-order valence-electron chi connectivity index (χ0n) is 12.2. The van der Waals surface area contributed by atoms with Gasteiger partial charge in [0.05, 0.1) is 12.0 Å². The summed E-state index contributed by atoms with van der Waals surface area (Å²) in [5.74, 6) is -0.284. The molecule has 2 rings (SSSR count). The van der Waals surface area contributed by atoms with Gasteiger partial charge in [-0.25, -0.2) is 4.98 Å². The fourth-order valence-electron chi connectivity index (χ4n) is 1.78. The molecule has 1 heterocycles. The Morgan fingerprint density at radius 3 is 2.55 bits per heavy atom. The Balaban J connectivity index is 2.13. The van der Waals surface area contributed by atoms with Crippen LogP contribution in [0, 0.1) is 5.41 Å². The van der Waals surface area contributed by atoms with Crippen molar-refractivity contribution in [3.8, 4) is 0 Å². The lowest BCUT2D eigenvalue weighted by Gasteiger charge is -2.38. The van der Waals surface area contributed by atoms with Crippen LogP contribution in [-0.2, 0) is 11.3 Å². The summed E-state index contributed by atoms with van der Waals surface area (Å²) in [5.41, 5.74) is 0.0394. The molecule has 20 heavy (non-hydrogen) atoms.